The minimum Gasteiger partial charge on any atom is -0.388 e. The Labute approximate surface area is 246 Å². The van der Waals surface area contributed by atoms with Gasteiger partial charge in [-0.15, -0.1) is 0 Å². The summed E-state index contributed by atoms with van der Waals surface area (Å²) in [6, 6.07) is 8.26. The van der Waals surface area contributed by atoms with Crippen LogP contribution in [-0.2, 0) is 29.0 Å². The van der Waals surface area contributed by atoms with Crippen molar-refractivity contribution in [1.82, 2.24) is 0 Å². The quantitative estimate of drug-likeness (QED) is 0.161. The summed E-state index contributed by atoms with van der Waals surface area (Å²) in [5.74, 6) is -3.95. The van der Waals surface area contributed by atoms with E-state index < -0.39 is 79.5 Å². The van der Waals surface area contributed by atoms with Crippen molar-refractivity contribution >= 4 is 23.1 Å². The van der Waals surface area contributed by atoms with Crippen LogP contribution in [0.5, 0.6) is 0 Å². The van der Waals surface area contributed by atoms with E-state index in [2.05, 4.69) is 4.89 Å². The third-order valence-corrected chi connectivity index (χ3v) is 10.9. The van der Waals surface area contributed by atoms with E-state index in [9.17, 15) is 15.2 Å². The van der Waals surface area contributed by atoms with Crippen LogP contribution in [0.2, 0.25) is 0 Å². The third kappa shape index (κ3) is 3.80. The van der Waals surface area contributed by atoms with E-state index in [1.807, 2.05) is 0 Å². The molecule has 9 heteroatoms. The van der Waals surface area contributed by atoms with Gasteiger partial charge in [-0.05, 0) is 72.1 Å². The van der Waals surface area contributed by atoms with Crippen LogP contribution in [0.4, 0.5) is 0 Å². The van der Waals surface area contributed by atoms with Gasteiger partial charge in [0.15, 0.2) is 28.5 Å². The maximum absolute atomic E-state index is 15.5. The predicted molar refractivity (Wildman–Crippen MR) is 151 cm³/mol. The minimum absolute atomic E-state index is 0.0785. The highest BCUT2D eigenvalue weighted by Gasteiger charge is 2.85. The van der Waals surface area contributed by atoms with Gasteiger partial charge in [-0.3, -0.25) is 24.4 Å². The number of benzene rings is 1. The highest BCUT2D eigenvalue weighted by atomic mass is 17.2. The van der Waals surface area contributed by atoms with Crippen LogP contribution in [0.3, 0.4) is 0 Å². The van der Waals surface area contributed by atoms with Crippen LogP contribution in [0.1, 0.15) is 85.0 Å². The van der Waals surface area contributed by atoms with Crippen LogP contribution in [0.15, 0.2) is 42.5 Å². The molecule has 4 saturated carbocycles. The summed E-state index contributed by atoms with van der Waals surface area (Å²) in [4.78, 5) is 77.0. The Balaban J connectivity index is 1.92. The molecule has 0 aromatic heterocycles. The maximum Gasteiger partial charge on any atom is 0.184 e. The van der Waals surface area contributed by atoms with E-state index in [1.54, 1.807) is 71.9 Å². The highest BCUT2D eigenvalue weighted by molar-refractivity contribution is 6.42. The molecule has 1 saturated heterocycles. The predicted octanol–water partition coefficient (Wildman–Crippen LogP) is 4.71. The summed E-state index contributed by atoms with van der Waals surface area (Å²) in [5, 5.41) is 20.7. The number of Topliss-reactive ketones (excluding diaryl/α,β-unsaturated/α-hetero) is 4. The topological polar surface area (TPSA) is 136 Å². The van der Waals surface area contributed by atoms with Crippen molar-refractivity contribution in [3.63, 3.8) is 0 Å². The van der Waals surface area contributed by atoms with Crippen molar-refractivity contribution in [1.29, 1.82) is 0 Å². The van der Waals surface area contributed by atoms with Crippen molar-refractivity contribution in [2.45, 2.75) is 97.6 Å². The molecule has 1 spiro atoms. The van der Waals surface area contributed by atoms with Crippen molar-refractivity contribution in [3.05, 3.63) is 48.0 Å². The van der Waals surface area contributed by atoms with Gasteiger partial charge in [0.25, 0.3) is 0 Å². The Morgan fingerprint density at radius 1 is 0.976 bits per heavy atom. The lowest BCUT2D eigenvalue weighted by Crippen LogP contribution is -2.76. The molecule has 0 amide bonds. The molecule has 1 aromatic carbocycles. The fourth-order valence-corrected chi connectivity index (χ4v) is 8.31. The lowest BCUT2D eigenvalue weighted by Gasteiger charge is -2.60. The number of allylic oxidation sites excluding steroid dienone is 1. The lowest BCUT2D eigenvalue weighted by atomic mass is 9.36. The van der Waals surface area contributed by atoms with E-state index in [1.165, 1.54) is 26.0 Å². The summed E-state index contributed by atoms with van der Waals surface area (Å²) >= 11 is 0. The zero-order valence-corrected chi connectivity index (χ0v) is 25.6. The molecule has 9 nitrogen and oxygen atoms in total. The monoisotopic (exact) mass is 582 g/mol. The first kappa shape index (κ1) is 30.9. The second-order valence-electron chi connectivity index (χ2n) is 14.9. The molecule has 42 heavy (non-hydrogen) atoms. The summed E-state index contributed by atoms with van der Waals surface area (Å²) in [5.41, 5.74) is -10.9. The standard InChI is InChI=1S/C33H42O9/c1-27(2,41-39)14-15-31-17-20-16-21-30(7,8)42-40-22(29(5,6)38)18-32(21,24(31)35)26(37)33(25(31)36,28(20,3)4)23(34)19-12-10-9-11-13-19/h9-15,20-22,38-39H,16-18H2,1-8H3/t20-,21+,22-,31?,32+,33-/m1/s1. The number of rotatable bonds is 6. The van der Waals surface area contributed by atoms with Gasteiger partial charge in [0.2, 0.25) is 0 Å². The molecule has 4 aliphatic carbocycles. The van der Waals surface area contributed by atoms with Gasteiger partial charge in [-0.25, -0.2) is 14.7 Å². The SMILES string of the molecule is CC(C)(C=CC12C[C@H]3C[C@H]4C(C)(C)OO[C@@H](C(C)(C)O)C[C@]4(C1=O)C(=O)[C@@](C(=O)c1ccccc1)(C2=O)C3(C)C)OO. The maximum atomic E-state index is 15.5. The minimum atomic E-state index is -2.21. The number of hydrogen-bond acceptors (Lipinski definition) is 9. The van der Waals surface area contributed by atoms with Gasteiger partial charge in [-0.1, -0.05) is 56.3 Å². The second-order valence-corrected chi connectivity index (χ2v) is 14.9. The Morgan fingerprint density at radius 2 is 1.60 bits per heavy atom. The van der Waals surface area contributed by atoms with E-state index >= 15 is 14.4 Å². The van der Waals surface area contributed by atoms with E-state index in [0.717, 1.165) is 0 Å². The molecule has 1 unspecified atom stereocenters. The van der Waals surface area contributed by atoms with Crippen molar-refractivity contribution < 1.29 is 44.2 Å². The summed E-state index contributed by atoms with van der Waals surface area (Å²) < 4.78 is 0. The van der Waals surface area contributed by atoms with Crippen LogP contribution in [-0.4, -0.2) is 56.4 Å². The molecule has 1 aromatic rings. The molecular formula is C33H42O9. The Kier molecular flexibility index (Phi) is 6.78. The van der Waals surface area contributed by atoms with Crippen molar-refractivity contribution in [3.8, 4) is 0 Å². The average Bonchev–Trinajstić information content (AvgIpc) is 3.12. The number of ketones is 4. The molecule has 2 N–H and O–H groups in total. The first-order valence-corrected chi connectivity index (χ1v) is 14.6. The zero-order chi connectivity index (χ0) is 31.3. The molecule has 5 aliphatic rings. The lowest BCUT2D eigenvalue weighted by molar-refractivity contribution is -0.394. The Morgan fingerprint density at radius 3 is 2.17 bits per heavy atom. The van der Waals surface area contributed by atoms with Crippen LogP contribution in [0, 0.1) is 33.5 Å². The number of carbonyl (C=O) groups excluding carboxylic acids is 4. The highest BCUT2D eigenvalue weighted by Crippen LogP contribution is 2.73. The van der Waals surface area contributed by atoms with Gasteiger partial charge in [-0.2, -0.15) is 0 Å². The molecule has 6 atom stereocenters. The number of carbonyl (C=O) groups is 4. The molecule has 6 rings (SSSR count). The van der Waals surface area contributed by atoms with Crippen molar-refractivity contribution in [2.75, 3.05) is 0 Å². The molecule has 0 radical (unpaired) electrons. The summed E-state index contributed by atoms with van der Waals surface area (Å²) in [6.45, 7) is 13.2. The van der Waals surface area contributed by atoms with E-state index in [4.69, 9.17) is 9.78 Å². The molecule has 1 heterocycles. The smallest absolute Gasteiger partial charge is 0.184 e. The van der Waals surface area contributed by atoms with E-state index in [-0.39, 0.29) is 18.4 Å². The molecule has 5 fully saturated rings. The average molecular weight is 583 g/mol. The normalized spacial score (nSPS) is 37.5. The first-order valence-electron chi connectivity index (χ1n) is 14.6. The van der Waals surface area contributed by atoms with Gasteiger partial charge < -0.3 is 5.11 Å². The Hall–Kier alpha value is -2.56. The van der Waals surface area contributed by atoms with Crippen LogP contribution in [0.25, 0.3) is 0 Å². The van der Waals surface area contributed by atoms with Gasteiger partial charge >= 0.3 is 0 Å². The van der Waals surface area contributed by atoms with Crippen LogP contribution < -0.4 is 0 Å². The number of hydrogen-bond donors (Lipinski definition) is 2. The third-order valence-electron chi connectivity index (χ3n) is 10.9. The van der Waals surface area contributed by atoms with Gasteiger partial charge in [0, 0.05) is 11.5 Å². The van der Waals surface area contributed by atoms with Crippen molar-refractivity contribution in [2.24, 2.45) is 33.5 Å². The van der Waals surface area contributed by atoms with Gasteiger partial charge in [0.1, 0.15) is 22.7 Å². The number of aliphatic hydroxyl groups is 1. The van der Waals surface area contributed by atoms with Gasteiger partial charge in [0.05, 0.1) is 11.0 Å². The summed E-state index contributed by atoms with van der Waals surface area (Å²) in [6.07, 6.45) is 1.89. The fraction of sp³-hybridized carbons (Fsp3) is 0.636. The Bertz CT molecular complexity index is 1370. The summed E-state index contributed by atoms with van der Waals surface area (Å²) in [7, 11) is 0. The van der Waals surface area contributed by atoms with E-state index in [0.29, 0.717) is 6.42 Å². The zero-order valence-electron chi connectivity index (χ0n) is 25.6. The first-order chi connectivity index (χ1) is 19.3. The second kappa shape index (κ2) is 9.22. The molecular weight excluding hydrogens is 540 g/mol. The fourth-order valence-electron chi connectivity index (χ4n) is 8.31. The largest absolute Gasteiger partial charge is 0.388 e. The molecule has 4 bridgehead atoms. The molecule has 1 aliphatic heterocycles. The van der Waals surface area contributed by atoms with Crippen LogP contribution >= 0.6 is 0 Å². The molecule has 228 valence electrons.